The lowest BCUT2D eigenvalue weighted by Crippen LogP contribution is -2.36. The smallest absolute Gasteiger partial charge is 0.248 e. The third kappa shape index (κ3) is 6.50. The van der Waals surface area contributed by atoms with Crippen LogP contribution < -0.4 is 5.32 Å². The molecule has 1 N–H and O–H groups in total. The number of unbranched alkanes of at least 4 members (excludes halogenated alkanes) is 1. The molecule has 90 valence electrons. The standard InChI is InChI=1S/C12H25NO2/c1-5-7-8-11(6-2)9-13-12(14)10(3)15-4/h10-11H,5-9H2,1-4H3,(H,13,14). The third-order valence-electron chi connectivity index (χ3n) is 2.83. The molecule has 0 aromatic rings. The number of rotatable bonds is 8. The fourth-order valence-corrected chi connectivity index (χ4v) is 1.44. The van der Waals surface area contributed by atoms with Gasteiger partial charge in [0.2, 0.25) is 5.91 Å². The average Bonchev–Trinajstić information content (AvgIpc) is 2.27. The van der Waals surface area contributed by atoms with Crippen LogP contribution in [0.2, 0.25) is 0 Å². The Morgan fingerprint density at radius 1 is 1.40 bits per heavy atom. The first-order valence-corrected chi connectivity index (χ1v) is 5.96. The van der Waals surface area contributed by atoms with Crippen molar-refractivity contribution in [1.29, 1.82) is 0 Å². The number of methoxy groups -OCH3 is 1. The summed E-state index contributed by atoms with van der Waals surface area (Å²) in [5.41, 5.74) is 0. The minimum atomic E-state index is -0.339. The first kappa shape index (κ1) is 14.4. The highest BCUT2D eigenvalue weighted by atomic mass is 16.5. The van der Waals surface area contributed by atoms with Crippen LogP contribution in [-0.2, 0) is 9.53 Å². The summed E-state index contributed by atoms with van der Waals surface area (Å²) < 4.78 is 4.95. The SMILES string of the molecule is CCCCC(CC)CNC(=O)C(C)OC. The Balaban J connectivity index is 3.74. The maximum absolute atomic E-state index is 11.4. The van der Waals surface area contributed by atoms with Crippen LogP contribution in [0.15, 0.2) is 0 Å². The highest BCUT2D eigenvalue weighted by Crippen LogP contribution is 2.11. The van der Waals surface area contributed by atoms with Gasteiger partial charge in [0.05, 0.1) is 0 Å². The van der Waals surface area contributed by atoms with E-state index in [1.807, 2.05) is 0 Å². The zero-order valence-corrected chi connectivity index (χ0v) is 10.5. The monoisotopic (exact) mass is 215 g/mol. The zero-order valence-electron chi connectivity index (χ0n) is 10.5. The van der Waals surface area contributed by atoms with Gasteiger partial charge in [0, 0.05) is 13.7 Å². The van der Waals surface area contributed by atoms with Crippen LogP contribution in [0.3, 0.4) is 0 Å². The summed E-state index contributed by atoms with van der Waals surface area (Å²) in [5, 5.41) is 2.93. The van der Waals surface area contributed by atoms with Crippen molar-refractivity contribution >= 4 is 5.91 Å². The van der Waals surface area contributed by atoms with E-state index in [1.54, 1.807) is 14.0 Å². The van der Waals surface area contributed by atoms with Crippen LogP contribution in [0.4, 0.5) is 0 Å². The molecule has 0 aliphatic rings. The number of hydrogen-bond acceptors (Lipinski definition) is 2. The number of carbonyl (C=O) groups excluding carboxylic acids is 1. The van der Waals surface area contributed by atoms with Gasteiger partial charge in [-0.25, -0.2) is 0 Å². The van der Waals surface area contributed by atoms with E-state index in [4.69, 9.17) is 4.74 Å². The first-order valence-electron chi connectivity index (χ1n) is 5.96. The Bertz CT molecular complexity index is 171. The topological polar surface area (TPSA) is 38.3 Å². The van der Waals surface area contributed by atoms with Crippen molar-refractivity contribution in [2.45, 2.75) is 52.6 Å². The van der Waals surface area contributed by atoms with Crippen LogP contribution in [0.5, 0.6) is 0 Å². The van der Waals surface area contributed by atoms with Crippen molar-refractivity contribution in [1.82, 2.24) is 5.32 Å². The van der Waals surface area contributed by atoms with Gasteiger partial charge in [-0.05, 0) is 19.3 Å². The number of nitrogens with one attached hydrogen (secondary N) is 1. The molecule has 2 unspecified atom stereocenters. The zero-order chi connectivity index (χ0) is 11.7. The van der Waals surface area contributed by atoms with Crippen molar-refractivity contribution in [3.8, 4) is 0 Å². The van der Waals surface area contributed by atoms with Crippen molar-refractivity contribution in [2.24, 2.45) is 5.92 Å². The first-order chi connectivity index (χ1) is 7.15. The lowest BCUT2D eigenvalue weighted by molar-refractivity contribution is -0.130. The van der Waals surface area contributed by atoms with Crippen LogP contribution in [0.25, 0.3) is 0 Å². The minimum Gasteiger partial charge on any atom is -0.372 e. The Hall–Kier alpha value is -0.570. The van der Waals surface area contributed by atoms with Gasteiger partial charge in [0.15, 0.2) is 0 Å². The second-order valence-corrected chi connectivity index (χ2v) is 4.04. The molecule has 1 amide bonds. The summed E-state index contributed by atoms with van der Waals surface area (Å²) in [4.78, 5) is 11.4. The maximum atomic E-state index is 11.4. The molecular weight excluding hydrogens is 190 g/mol. The normalized spacial score (nSPS) is 14.7. The van der Waals surface area contributed by atoms with E-state index in [2.05, 4.69) is 19.2 Å². The molecule has 0 aliphatic carbocycles. The molecule has 0 aromatic heterocycles. The van der Waals surface area contributed by atoms with Gasteiger partial charge in [-0.3, -0.25) is 4.79 Å². The molecular formula is C12H25NO2. The molecule has 0 radical (unpaired) electrons. The second kappa shape index (κ2) is 8.72. The molecule has 0 bridgehead atoms. The Kier molecular flexibility index (Phi) is 8.38. The van der Waals surface area contributed by atoms with Gasteiger partial charge >= 0.3 is 0 Å². The molecule has 0 spiro atoms. The van der Waals surface area contributed by atoms with Crippen LogP contribution in [0.1, 0.15) is 46.5 Å². The predicted molar refractivity (Wildman–Crippen MR) is 62.8 cm³/mol. The number of amides is 1. The van der Waals surface area contributed by atoms with E-state index in [9.17, 15) is 4.79 Å². The molecule has 0 aliphatic heterocycles. The molecule has 2 atom stereocenters. The van der Waals surface area contributed by atoms with Crippen LogP contribution in [-0.4, -0.2) is 25.7 Å². The van der Waals surface area contributed by atoms with Gasteiger partial charge in [-0.1, -0.05) is 33.1 Å². The number of hydrogen-bond donors (Lipinski definition) is 1. The Labute approximate surface area is 93.6 Å². The fraction of sp³-hybridized carbons (Fsp3) is 0.917. The summed E-state index contributed by atoms with van der Waals surface area (Å²) in [5.74, 6) is 0.602. The molecule has 0 heterocycles. The summed E-state index contributed by atoms with van der Waals surface area (Å²) >= 11 is 0. The van der Waals surface area contributed by atoms with Crippen molar-refractivity contribution in [3.63, 3.8) is 0 Å². The second-order valence-electron chi connectivity index (χ2n) is 4.04. The van der Waals surface area contributed by atoms with Gasteiger partial charge < -0.3 is 10.1 Å². The summed E-state index contributed by atoms with van der Waals surface area (Å²) in [6.45, 7) is 6.91. The third-order valence-corrected chi connectivity index (χ3v) is 2.83. The average molecular weight is 215 g/mol. The van der Waals surface area contributed by atoms with Gasteiger partial charge in [0.25, 0.3) is 0 Å². The number of ether oxygens (including phenoxy) is 1. The molecule has 15 heavy (non-hydrogen) atoms. The van der Waals surface area contributed by atoms with Gasteiger partial charge in [-0.2, -0.15) is 0 Å². The molecule has 0 rings (SSSR count). The summed E-state index contributed by atoms with van der Waals surface area (Å²) in [6.07, 6.45) is 4.46. The fourth-order valence-electron chi connectivity index (χ4n) is 1.44. The van der Waals surface area contributed by atoms with Crippen molar-refractivity contribution < 1.29 is 9.53 Å². The van der Waals surface area contributed by atoms with E-state index >= 15 is 0 Å². The summed E-state index contributed by atoms with van der Waals surface area (Å²) in [6, 6.07) is 0. The van der Waals surface area contributed by atoms with E-state index in [0.717, 1.165) is 13.0 Å². The van der Waals surface area contributed by atoms with Gasteiger partial charge in [-0.15, -0.1) is 0 Å². The molecule has 0 aromatic carbocycles. The lowest BCUT2D eigenvalue weighted by atomic mass is 9.99. The summed E-state index contributed by atoms with van der Waals surface area (Å²) in [7, 11) is 1.55. The quantitative estimate of drug-likeness (QED) is 0.675. The Morgan fingerprint density at radius 3 is 2.53 bits per heavy atom. The maximum Gasteiger partial charge on any atom is 0.248 e. The molecule has 0 fully saturated rings. The molecule has 0 saturated heterocycles. The van der Waals surface area contributed by atoms with E-state index < -0.39 is 0 Å². The highest BCUT2D eigenvalue weighted by molar-refractivity contribution is 5.80. The Morgan fingerprint density at radius 2 is 2.07 bits per heavy atom. The largest absolute Gasteiger partial charge is 0.372 e. The van der Waals surface area contributed by atoms with Crippen LogP contribution >= 0.6 is 0 Å². The highest BCUT2D eigenvalue weighted by Gasteiger charge is 2.13. The van der Waals surface area contributed by atoms with Crippen molar-refractivity contribution in [2.75, 3.05) is 13.7 Å². The number of carbonyl (C=O) groups is 1. The van der Waals surface area contributed by atoms with Crippen molar-refractivity contribution in [3.05, 3.63) is 0 Å². The van der Waals surface area contributed by atoms with E-state index in [-0.39, 0.29) is 12.0 Å². The molecule has 3 heteroatoms. The van der Waals surface area contributed by atoms with E-state index in [0.29, 0.717) is 5.92 Å². The van der Waals surface area contributed by atoms with E-state index in [1.165, 1.54) is 19.3 Å². The minimum absolute atomic E-state index is 0.00699. The predicted octanol–water partition coefficient (Wildman–Crippen LogP) is 2.35. The molecule has 0 saturated carbocycles. The van der Waals surface area contributed by atoms with Crippen LogP contribution in [0, 0.1) is 5.92 Å². The lowest BCUT2D eigenvalue weighted by Gasteiger charge is -2.17. The molecule has 3 nitrogen and oxygen atoms in total. The van der Waals surface area contributed by atoms with Gasteiger partial charge in [0.1, 0.15) is 6.10 Å².